The van der Waals surface area contributed by atoms with Crippen LogP contribution in [0.3, 0.4) is 0 Å². The Hall–Kier alpha value is -2.83. The summed E-state index contributed by atoms with van der Waals surface area (Å²) >= 11 is 0. The van der Waals surface area contributed by atoms with Gasteiger partial charge in [0.05, 0.1) is 31.8 Å². The Bertz CT molecular complexity index is 1200. The lowest BCUT2D eigenvalue weighted by Gasteiger charge is -2.23. The van der Waals surface area contributed by atoms with Gasteiger partial charge in [-0.1, -0.05) is 46.8 Å². The fraction of sp³-hybridized carbons (Fsp3) is 0.464. The monoisotopic (exact) mass is 464 g/mol. The summed E-state index contributed by atoms with van der Waals surface area (Å²) in [6.07, 6.45) is -0.0539. The van der Waals surface area contributed by atoms with Crippen molar-refractivity contribution < 1.29 is 19.7 Å². The largest absolute Gasteiger partial charge is 0.497 e. The molecular formula is C28H36N2O4. The molecule has 1 aromatic heterocycles. The molecule has 2 atom stereocenters. The van der Waals surface area contributed by atoms with E-state index in [1.54, 1.807) is 7.11 Å². The van der Waals surface area contributed by atoms with Crippen LogP contribution in [0.5, 0.6) is 5.75 Å². The molecule has 0 radical (unpaired) electrons. The Morgan fingerprint density at radius 1 is 1.15 bits per heavy atom. The van der Waals surface area contributed by atoms with E-state index >= 15 is 0 Å². The molecule has 2 unspecified atom stereocenters. The number of nitrogens with zero attached hydrogens (tertiary/aromatic N) is 1. The molecule has 3 N–H and O–H groups in total. The van der Waals surface area contributed by atoms with Gasteiger partial charge < -0.3 is 24.8 Å². The van der Waals surface area contributed by atoms with Crippen LogP contribution in [-0.4, -0.2) is 40.5 Å². The molecule has 6 heteroatoms. The van der Waals surface area contributed by atoms with Crippen molar-refractivity contribution in [2.75, 3.05) is 19.0 Å². The Morgan fingerprint density at radius 2 is 1.79 bits per heavy atom. The average Bonchev–Trinajstić information content (AvgIpc) is 3.20. The summed E-state index contributed by atoms with van der Waals surface area (Å²) in [6, 6.07) is 15.8. The number of aromatic nitrogens is 1. The third-order valence-corrected chi connectivity index (χ3v) is 7.24. The first kappa shape index (κ1) is 24.3. The van der Waals surface area contributed by atoms with Gasteiger partial charge in [0.2, 0.25) is 5.91 Å². The number of aliphatic hydroxyl groups is 2. The summed E-state index contributed by atoms with van der Waals surface area (Å²) in [6.45, 7) is 10.6. The smallest absolute Gasteiger partial charge is 0.235 e. The third kappa shape index (κ3) is 4.10. The SMILES string of the molecule is COc1ccc(C2(C(=O)Nc3ccc4c(c3)cc(C(C)(C)C)n4CC(O)CO)CC2(C)C)cc1. The van der Waals surface area contributed by atoms with Crippen molar-refractivity contribution in [3.63, 3.8) is 0 Å². The Balaban J connectivity index is 1.67. The highest BCUT2D eigenvalue weighted by atomic mass is 16.5. The van der Waals surface area contributed by atoms with Crippen LogP contribution in [0.1, 0.15) is 52.3 Å². The number of hydrogen-bond donors (Lipinski definition) is 3. The number of benzene rings is 2. The van der Waals surface area contributed by atoms with Crippen LogP contribution in [0.4, 0.5) is 5.69 Å². The molecule has 34 heavy (non-hydrogen) atoms. The first-order valence-corrected chi connectivity index (χ1v) is 11.8. The standard InChI is InChI=1S/C28H36N2O4/c1-26(2,3)24-14-18-13-20(9-12-23(18)30(24)15-21(32)16-31)29-25(33)28(17-27(28,4)5)19-7-10-22(34-6)11-8-19/h7-14,21,31-32H,15-17H2,1-6H3,(H,29,33). The van der Waals surface area contributed by atoms with Gasteiger partial charge >= 0.3 is 0 Å². The van der Waals surface area contributed by atoms with Crippen molar-refractivity contribution in [1.82, 2.24) is 4.57 Å². The van der Waals surface area contributed by atoms with Gasteiger partial charge in [-0.15, -0.1) is 0 Å². The number of ether oxygens (including phenoxy) is 1. The molecule has 0 bridgehead atoms. The zero-order chi connectivity index (χ0) is 24.9. The minimum absolute atomic E-state index is 0.00630. The second-order valence-electron chi connectivity index (χ2n) is 11.1. The lowest BCUT2D eigenvalue weighted by Crippen LogP contribution is -2.32. The van der Waals surface area contributed by atoms with E-state index in [-0.39, 0.29) is 23.3 Å². The number of amides is 1. The maximum absolute atomic E-state index is 13.6. The third-order valence-electron chi connectivity index (χ3n) is 7.24. The van der Waals surface area contributed by atoms with Crippen LogP contribution in [0, 0.1) is 5.41 Å². The van der Waals surface area contributed by atoms with Gasteiger partial charge in [-0.25, -0.2) is 0 Å². The van der Waals surface area contributed by atoms with Gasteiger partial charge in [0.15, 0.2) is 0 Å². The maximum Gasteiger partial charge on any atom is 0.235 e. The first-order chi connectivity index (χ1) is 15.9. The van der Waals surface area contributed by atoms with E-state index in [9.17, 15) is 15.0 Å². The molecule has 182 valence electrons. The topological polar surface area (TPSA) is 83.7 Å². The minimum atomic E-state index is -0.836. The van der Waals surface area contributed by atoms with Crippen molar-refractivity contribution in [3.8, 4) is 5.75 Å². The van der Waals surface area contributed by atoms with Crippen LogP contribution in [0.2, 0.25) is 0 Å². The van der Waals surface area contributed by atoms with Gasteiger partial charge in [0.25, 0.3) is 0 Å². The molecule has 1 aliphatic carbocycles. The number of nitrogens with one attached hydrogen (secondary N) is 1. The van der Waals surface area contributed by atoms with Gasteiger partial charge in [-0.3, -0.25) is 4.79 Å². The summed E-state index contributed by atoms with van der Waals surface area (Å²) in [5.74, 6) is 0.766. The van der Waals surface area contributed by atoms with Gasteiger partial charge in [0, 0.05) is 27.7 Å². The number of aliphatic hydroxyl groups excluding tert-OH is 2. The fourth-order valence-electron chi connectivity index (χ4n) is 5.18. The first-order valence-electron chi connectivity index (χ1n) is 11.8. The van der Waals surface area contributed by atoms with Crippen molar-refractivity contribution in [2.24, 2.45) is 5.41 Å². The molecule has 0 aliphatic heterocycles. The van der Waals surface area contributed by atoms with E-state index in [0.29, 0.717) is 6.54 Å². The van der Waals surface area contributed by atoms with Crippen molar-refractivity contribution in [2.45, 2.75) is 64.5 Å². The highest BCUT2D eigenvalue weighted by molar-refractivity contribution is 6.03. The van der Waals surface area contributed by atoms with E-state index in [1.165, 1.54) is 0 Å². The number of carbonyl (C=O) groups is 1. The molecule has 2 aromatic carbocycles. The van der Waals surface area contributed by atoms with E-state index in [4.69, 9.17) is 4.74 Å². The molecule has 3 aromatic rings. The van der Waals surface area contributed by atoms with Crippen LogP contribution in [0.15, 0.2) is 48.5 Å². The summed E-state index contributed by atoms with van der Waals surface area (Å²) in [5.41, 5.74) is 2.91. The Morgan fingerprint density at radius 3 is 2.32 bits per heavy atom. The Labute approximate surface area is 201 Å². The molecule has 1 saturated carbocycles. The van der Waals surface area contributed by atoms with Crippen molar-refractivity contribution >= 4 is 22.5 Å². The quantitative estimate of drug-likeness (QED) is 0.477. The molecule has 1 fully saturated rings. The number of carbonyl (C=O) groups excluding carboxylic acids is 1. The Kier molecular flexibility index (Phi) is 6.03. The highest BCUT2D eigenvalue weighted by Gasteiger charge is 2.67. The van der Waals surface area contributed by atoms with Crippen LogP contribution < -0.4 is 10.1 Å². The molecule has 4 rings (SSSR count). The van der Waals surface area contributed by atoms with E-state index < -0.39 is 11.5 Å². The van der Waals surface area contributed by atoms with E-state index in [1.807, 2.05) is 42.5 Å². The lowest BCUT2D eigenvalue weighted by molar-refractivity contribution is -0.119. The number of hydrogen-bond acceptors (Lipinski definition) is 4. The summed E-state index contributed by atoms with van der Waals surface area (Å²) in [7, 11) is 1.64. The predicted octanol–water partition coefficient (Wildman–Crippen LogP) is 4.61. The average molecular weight is 465 g/mol. The van der Waals surface area contributed by atoms with E-state index in [0.717, 1.165) is 40.0 Å². The maximum atomic E-state index is 13.6. The molecule has 1 aliphatic rings. The normalized spacial score (nSPS) is 20.2. The molecule has 0 saturated heterocycles. The summed E-state index contributed by atoms with van der Waals surface area (Å²) in [5, 5.41) is 23.6. The van der Waals surface area contributed by atoms with Gasteiger partial charge in [-0.2, -0.15) is 0 Å². The second-order valence-corrected chi connectivity index (χ2v) is 11.1. The minimum Gasteiger partial charge on any atom is -0.497 e. The number of anilines is 1. The fourth-order valence-corrected chi connectivity index (χ4v) is 5.18. The van der Waals surface area contributed by atoms with Gasteiger partial charge in [0.1, 0.15) is 5.75 Å². The molecular weight excluding hydrogens is 428 g/mol. The molecule has 1 heterocycles. The number of rotatable bonds is 7. The zero-order valence-corrected chi connectivity index (χ0v) is 21.0. The predicted molar refractivity (Wildman–Crippen MR) is 135 cm³/mol. The van der Waals surface area contributed by atoms with Gasteiger partial charge in [-0.05, 0) is 53.8 Å². The van der Waals surface area contributed by atoms with Crippen molar-refractivity contribution in [3.05, 3.63) is 59.8 Å². The van der Waals surface area contributed by atoms with Crippen LogP contribution in [-0.2, 0) is 22.2 Å². The molecule has 6 nitrogen and oxygen atoms in total. The lowest BCUT2D eigenvalue weighted by atomic mass is 9.87. The molecule has 0 spiro atoms. The van der Waals surface area contributed by atoms with E-state index in [2.05, 4.69) is 50.6 Å². The second kappa shape index (κ2) is 8.43. The number of methoxy groups -OCH3 is 1. The van der Waals surface area contributed by atoms with Crippen LogP contribution in [0.25, 0.3) is 10.9 Å². The summed E-state index contributed by atoms with van der Waals surface area (Å²) < 4.78 is 7.35. The van der Waals surface area contributed by atoms with Crippen molar-refractivity contribution in [1.29, 1.82) is 0 Å². The molecule has 1 amide bonds. The zero-order valence-electron chi connectivity index (χ0n) is 21.0. The summed E-state index contributed by atoms with van der Waals surface area (Å²) in [4.78, 5) is 13.6. The van der Waals surface area contributed by atoms with Crippen LogP contribution >= 0.6 is 0 Å². The highest BCUT2D eigenvalue weighted by Crippen LogP contribution is 2.64. The number of fused-ring (bicyclic) bond motifs is 1.